The van der Waals surface area contributed by atoms with Gasteiger partial charge >= 0.3 is 0 Å². The van der Waals surface area contributed by atoms with Gasteiger partial charge in [0.05, 0.1) is 0 Å². The van der Waals surface area contributed by atoms with Gasteiger partial charge in [0.2, 0.25) is 0 Å². The van der Waals surface area contributed by atoms with Crippen molar-refractivity contribution in [1.29, 1.82) is 5.26 Å². The topological polar surface area (TPSA) is 91.2 Å². The van der Waals surface area contributed by atoms with Gasteiger partial charge in [-0.25, -0.2) is 0 Å². The molecule has 0 unspecified atom stereocenters. The number of anilines is 2. The van der Waals surface area contributed by atoms with Gasteiger partial charge in [-0.1, -0.05) is 48.0 Å². The summed E-state index contributed by atoms with van der Waals surface area (Å²) in [5.74, 6) is -0.527. The molecule has 0 aliphatic rings. The molecule has 3 aromatic rings. The molecule has 0 aliphatic heterocycles. The first kappa shape index (κ1) is 23.6. The summed E-state index contributed by atoms with van der Waals surface area (Å²) in [4.78, 5) is 24.9. The Balaban J connectivity index is 1.71. The smallest absolute Gasteiger partial charge is 0.266 e. The highest BCUT2D eigenvalue weighted by molar-refractivity contribution is 6.31. The van der Waals surface area contributed by atoms with E-state index >= 15 is 0 Å². The molecule has 3 aromatic carbocycles. The molecule has 0 fully saturated rings. The van der Waals surface area contributed by atoms with Gasteiger partial charge in [-0.15, -0.1) is 0 Å². The molecule has 0 bridgehead atoms. The number of rotatable bonds is 7. The van der Waals surface area contributed by atoms with Crippen LogP contribution in [-0.2, 0) is 9.59 Å². The lowest BCUT2D eigenvalue weighted by Gasteiger charge is -2.12. The van der Waals surface area contributed by atoms with Crippen LogP contribution in [0.1, 0.15) is 16.7 Å². The van der Waals surface area contributed by atoms with Crippen molar-refractivity contribution in [3.8, 4) is 11.8 Å². The molecule has 0 aliphatic carbocycles. The van der Waals surface area contributed by atoms with Gasteiger partial charge < -0.3 is 15.4 Å². The Bertz CT molecular complexity index is 1260. The van der Waals surface area contributed by atoms with Crippen LogP contribution in [0.25, 0.3) is 6.08 Å². The third-order valence-corrected chi connectivity index (χ3v) is 4.93. The largest absolute Gasteiger partial charge is 0.483 e. The highest BCUT2D eigenvalue weighted by Gasteiger charge is 2.13. The van der Waals surface area contributed by atoms with Gasteiger partial charge in [0, 0.05) is 22.0 Å². The van der Waals surface area contributed by atoms with Crippen molar-refractivity contribution in [1.82, 2.24) is 0 Å². The Hall–Kier alpha value is -4.08. The van der Waals surface area contributed by atoms with Crippen molar-refractivity contribution < 1.29 is 14.3 Å². The molecule has 0 saturated heterocycles. The number of para-hydroxylation sites is 1. The standard InChI is InChI=1S/C26H22ClN3O3/c1-17-10-11-18(2)23(12-17)30-25(31)16-33-24-9-4-3-6-19(24)13-20(15-28)26(32)29-22-8-5-7-21(27)14-22/h3-14H,16H2,1-2H3,(H,29,32)(H,30,31)/b20-13-. The molecule has 0 saturated carbocycles. The van der Waals surface area contributed by atoms with Crippen LogP contribution < -0.4 is 15.4 Å². The van der Waals surface area contributed by atoms with Crippen molar-refractivity contribution >= 4 is 40.9 Å². The summed E-state index contributed by atoms with van der Waals surface area (Å²) < 4.78 is 5.69. The number of hydrogen-bond acceptors (Lipinski definition) is 4. The molecular formula is C26H22ClN3O3. The highest BCUT2D eigenvalue weighted by atomic mass is 35.5. The van der Waals surface area contributed by atoms with Gasteiger partial charge in [-0.2, -0.15) is 5.26 Å². The molecule has 2 amide bonds. The molecule has 0 radical (unpaired) electrons. The number of benzene rings is 3. The maximum atomic E-state index is 12.5. The Morgan fingerprint density at radius 2 is 1.82 bits per heavy atom. The average Bonchev–Trinajstić information content (AvgIpc) is 2.79. The van der Waals surface area contributed by atoms with E-state index in [9.17, 15) is 14.9 Å². The third kappa shape index (κ3) is 6.70. The fourth-order valence-electron chi connectivity index (χ4n) is 3.00. The van der Waals surface area contributed by atoms with Crippen molar-refractivity contribution in [3.05, 3.63) is 94.0 Å². The van der Waals surface area contributed by atoms with Crippen molar-refractivity contribution in [3.63, 3.8) is 0 Å². The minimum Gasteiger partial charge on any atom is -0.483 e. The van der Waals surface area contributed by atoms with Gasteiger partial charge in [0.1, 0.15) is 17.4 Å². The Morgan fingerprint density at radius 3 is 2.58 bits per heavy atom. The lowest BCUT2D eigenvalue weighted by atomic mass is 10.1. The fourth-order valence-corrected chi connectivity index (χ4v) is 3.19. The zero-order valence-electron chi connectivity index (χ0n) is 18.2. The summed E-state index contributed by atoms with van der Waals surface area (Å²) in [7, 11) is 0. The maximum absolute atomic E-state index is 12.5. The van der Waals surface area contributed by atoms with E-state index in [1.165, 1.54) is 6.08 Å². The lowest BCUT2D eigenvalue weighted by Crippen LogP contribution is -2.21. The zero-order chi connectivity index (χ0) is 23.8. The molecular weight excluding hydrogens is 438 g/mol. The molecule has 0 spiro atoms. The van der Waals surface area contributed by atoms with Gasteiger partial charge in [0.15, 0.2) is 6.61 Å². The van der Waals surface area contributed by atoms with Crippen LogP contribution >= 0.6 is 11.6 Å². The van der Waals surface area contributed by atoms with Crippen molar-refractivity contribution in [2.45, 2.75) is 13.8 Å². The number of carbonyl (C=O) groups excluding carboxylic acids is 2. The molecule has 0 atom stereocenters. The highest BCUT2D eigenvalue weighted by Crippen LogP contribution is 2.23. The van der Waals surface area contributed by atoms with Gasteiger partial charge in [0.25, 0.3) is 11.8 Å². The molecule has 33 heavy (non-hydrogen) atoms. The molecule has 3 rings (SSSR count). The molecule has 6 nitrogen and oxygen atoms in total. The predicted octanol–water partition coefficient (Wildman–Crippen LogP) is 5.52. The SMILES string of the molecule is Cc1ccc(C)c(NC(=O)COc2ccccc2/C=C(/C#N)C(=O)Nc2cccc(Cl)c2)c1. The van der Waals surface area contributed by atoms with E-state index in [1.807, 2.05) is 38.1 Å². The van der Waals surface area contributed by atoms with E-state index in [4.69, 9.17) is 16.3 Å². The van der Waals surface area contributed by atoms with Crippen LogP contribution in [0.15, 0.2) is 72.3 Å². The summed E-state index contributed by atoms with van der Waals surface area (Å²) in [6.07, 6.45) is 1.41. The van der Waals surface area contributed by atoms with Gasteiger partial charge in [-0.05, 0) is 61.4 Å². The summed E-state index contributed by atoms with van der Waals surface area (Å²) in [6, 6.07) is 21.2. The first-order valence-corrected chi connectivity index (χ1v) is 10.5. The number of amides is 2. The van der Waals surface area contributed by atoms with Crippen LogP contribution in [0.5, 0.6) is 5.75 Å². The van der Waals surface area contributed by atoms with E-state index in [0.717, 1.165) is 16.8 Å². The number of nitriles is 1. The Labute approximate surface area is 197 Å². The number of halogens is 1. The lowest BCUT2D eigenvalue weighted by molar-refractivity contribution is -0.118. The van der Waals surface area contributed by atoms with Crippen LogP contribution in [0.2, 0.25) is 5.02 Å². The van der Waals surface area contributed by atoms with E-state index in [-0.39, 0.29) is 18.1 Å². The Morgan fingerprint density at radius 1 is 1.03 bits per heavy atom. The number of aryl methyl sites for hydroxylation is 2. The number of ether oxygens (including phenoxy) is 1. The zero-order valence-corrected chi connectivity index (χ0v) is 18.9. The first-order chi connectivity index (χ1) is 15.9. The number of carbonyl (C=O) groups is 2. The summed E-state index contributed by atoms with van der Waals surface area (Å²) in [5, 5.41) is 15.4. The van der Waals surface area contributed by atoms with Crippen molar-refractivity contribution in [2.24, 2.45) is 0 Å². The maximum Gasteiger partial charge on any atom is 0.266 e. The number of nitrogens with zero attached hydrogens (tertiary/aromatic N) is 1. The average molecular weight is 460 g/mol. The minimum atomic E-state index is -0.581. The summed E-state index contributed by atoms with van der Waals surface area (Å²) >= 11 is 5.94. The van der Waals surface area contributed by atoms with Gasteiger partial charge in [-0.3, -0.25) is 9.59 Å². The molecule has 7 heteroatoms. The van der Waals surface area contributed by atoms with E-state index < -0.39 is 5.91 Å². The van der Waals surface area contributed by atoms with E-state index in [2.05, 4.69) is 10.6 Å². The van der Waals surface area contributed by atoms with Crippen LogP contribution in [-0.4, -0.2) is 18.4 Å². The molecule has 0 heterocycles. The molecule has 166 valence electrons. The predicted molar refractivity (Wildman–Crippen MR) is 130 cm³/mol. The normalized spacial score (nSPS) is 10.8. The second kappa shape index (κ2) is 11.0. The summed E-state index contributed by atoms with van der Waals surface area (Å²) in [5.41, 5.74) is 3.55. The monoisotopic (exact) mass is 459 g/mol. The third-order valence-electron chi connectivity index (χ3n) is 4.69. The number of nitrogens with one attached hydrogen (secondary N) is 2. The molecule has 0 aromatic heterocycles. The van der Waals surface area contributed by atoms with Crippen molar-refractivity contribution in [2.75, 3.05) is 17.2 Å². The van der Waals surface area contributed by atoms with E-state index in [0.29, 0.717) is 22.0 Å². The first-order valence-electron chi connectivity index (χ1n) is 10.1. The quantitative estimate of drug-likeness (QED) is 0.359. The second-order valence-corrected chi connectivity index (χ2v) is 7.76. The summed E-state index contributed by atoms with van der Waals surface area (Å²) in [6.45, 7) is 3.63. The molecule has 2 N–H and O–H groups in total. The second-order valence-electron chi connectivity index (χ2n) is 7.33. The van der Waals surface area contributed by atoms with E-state index in [1.54, 1.807) is 48.5 Å². The van der Waals surface area contributed by atoms with Crippen LogP contribution in [0.4, 0.5) is 11.4 Å². The number of hydrogen-bond donors (Lipinski definition) is 2. The van der Waals surface area contributed by atoms with Crippen LogP contribution in [0.3, 0.4) is 0 Å². The van der Waals surface area contributed by atoms with Crippen LogP contribution in [0, 0.1) is 25.2 Å². The fraction of sp³-hybridized carbons (Fsp3) is 0.115. The minimum absolute atomic E-state index is 0.120. The Kier molecular flexibility index (Phi) is 7.85.